The number of nitriles is 1. The Kier molecular flexibility index (Phi) is 2.75. The molecule has 1 heterocycles. The summed E-state index contributed by atoms with van der Waals surface area (Å²) >= 11 is 0. The number of nitrogens with zero attached hydrogens (tertiary/aromatic N) is 1. The molecule has 0 amide bonds. The van der Waals surface area contributed by atoms with Crippen molar-refractivity contribution in [2.75, 3.05) is 25.1 Å². The maximum absolute atomic E-state index is 12.9. The van der Waals surface area contributed by atoms with Crippen LogP contribution in [0.15, 0.2) is 18.2 Å². The van der Waals surface area contributed by atoms with E-state index in [9.17, 15) is 8.78 Å². The molecule has 1 N–H and O–H groups in total. The molecule has 1 fully saturated rings. The molecule has 0 spiro atoms. The van der Waals surface area contributed by atoms with Gasteiger partial charge in [0.25, 0.3) is 0 Å². The van der Waals surface area contributed by atoms with Gasteiger partial charge in [-0.3, -0.25) is 0 Å². The highest BCUT2D eigenvalue weighted by atomic mass is 19.2. The average Bonchev–Trinajstić information content (AvgIpc) is 2.22. The Labute approximate surface area is 91.6 Å². The van der Waals surface area contributed by atoms with E-state index >= 15 is 0 Å². The number of hydrogen-bond donors (Lipinski definition) is 1. The van der Waals surface area contributed by atoms with E-state index in [4.69, 9.17) is 10.00 Å². The number of anilines is 1. The van der Waals surface area contributed by atoms with E-state index in [-0.39, 0.29) is 0 Å². The van der Waals surface area contributed by atoms with Gasteiger partial charge in [0.05, 0.1) is 19.3 Å². The van der Waals surface area contributed by atoms with Gasteiger partial charge in [0.15, 0.2) is 11.6 Å². The summed E-state index contributed by atoms with van der Waals surface area (Å²) in [4.78, 5) is 0. The number of hydrogen-bond acceptors (Lipinski definition) is 3. The lowest BCUT2D eigenvalue weighted by Gasteiger charge is -2.35. The highest BCUT2D eigenvalue weighted by Gasteiger charge is 2.38. The molecule has 0 aromatic heterocycles. The van der Waals surface area contributed by atoms with Crippen LogP contribution < -0.4 is 5.32 Å². The van der Waals surface area contributed by atoms with Crippen LogP contribution in [0.3, 0.4) is 0 Å². The molecule has 1 saturated heterocycles. The normalized spacial score (nSPS) is 17.3. The Hall–Kier alpha value is -1.67. The van der Waals surface area contributed by atoms with E-state index in [0.717, 1.165) is 12.1 Å². The minimum atomic E-state index is -0.902. The molecular weight excluding hydrogens is 214 g/mol. The van der Waals surface area contributed by atoms with Gasteiger partial charge in [0.2, 0.25) is 0 Å². The second kappa shape index (κ2) is 4.06. The minimum absolute atomic E-state index is 0.370. The van der Waals surface area contributed by atoms with Crippen molar-refractivity contribution < 1.29 is 13.5 Å². The van der Waals surface area contributed by atoms with Crippen LogP contribution in [0.2, 0.25) is 0 Å². The molecule has 1 aliphatic rings. The van der Waals surface area contributed by atoms with Gasteiger partial charge in [-0.2, -0.15) is 5.26 Å². The van der Waals surface area contributed by atoms with E-state index < -0.39 is 17.0 Å². The standard InChI is InChI=1S/C11H10F2N2O/c12-9-2-1-8(3-10(9)13)15-5-11(4-14)6-16-7-11/h1-3,15H,5-7H2. The monoisotopic (exact) mass is 224 g/mol. The maximum atomic E-state index is 12.9. The molecule has 1 aliphatic heterocycles. The molecule has 0 saturated carbocycles. The zero-order valence-corrected chi connectivity index (χ0v) is 8.46. The number of nitrogens with one attached hydrogen (secondary N) is 1. The maximum Gasteiger partial charge on any atom is 0.160 e. The zero-order valence-electron chi connectivity index (χ0n) is 8.46. The summed E-state index contributed by atoms with van der Waals surface area (Å²) in [6, 6.07) is 5.71. The molecule has 0 aliphatic carbocycles. The van der Waals surface area contributed by atoms with Crippen molar-refractivity contribution in [2.45, 2.75) is 0 Å². The molecule has 1 aromatic rings. The predicted molar refractivity (Wildman–Crippen MR) is 53.7 cm³/mol. The lowest BCUT2D eigenvalue weighted by molar-refractivity contribution is -0.0690. The third-order valence-electron chi connectivity index (χ3n) is 2.54. The first-order valence-corrected chi connectivity index (χ1v) is 4.83. The van der Waals surface area contributed by atoms with Gasteiger partial charge in [-0.1, -0.05) is 0 Å². The van der Waals surface area contributed by atoms with Crippen molar-refractivity contribution in [3.05, 3.63) is 29.8 Å². The van der Waals surface area contributed by atoms with E-state index in [0.29, 0.717) is 25.4 Å². The second-order valence-corrected chi connectivity index (χ2v) is 3.87. The first-order valence-electron chi connectivity index (χ1n) is 4.83. The molecule has 1 aromatic carbocycles. The van der Waals surface area contributed by atoms with Gasteiger partial charge in [0.1, 0.15) is 5.41 Å². The second-order valence-electron chi connectivity index (χ2n) is 3.87. The van der Waals surface area contributed by atoms with Gasteiger partial charge in [0, 0.05) is 12.2 Å². The number of halogens is 2. The van der Waals surface area contributed by atoms with Gasteiger partial charge in [-0.05, 0) is 18.2 Å². The summed E-state index contributed by atoms with van der Waals surface area (Å²) in [5, 5.41) is 11.8. The zero-order chi connectivity index (χ0) is 11.6. The van der Waals surface area contributed by atoms with Crippen LogP contribution in [0.4, 0.5) is 14.5 Å². The smallest absolute Gasteiger partial charge is 0.160 e. The largest absolute Gasteiger partial charge is 0.383 e. The lowest BCUT2D eigenvalue weighted by atomic mass is 9.88. The van der Waals surface area contributed by atoms with Crippen LogP contribution in [0.5, 0.6) is 0 Å². The number of rotatable bonds is 3. The summed E-state index contributed by atoms with van der Waals surface area (Å²) < 4.78 is 30.5. The molecule has 5 heteroatoms. The highest BCUT2D eigenvalue weighted by molar-refractivity contribution is 5.44. The topological polar surface area (TPSA) is 45.0 Å². The molecule has 2 rings (SSSR count). The van der Waals surface area contributed by atoms with Gasteiger partial charge in [-0.25, -0.2) is 8.78 Å². The van der Waals surface area contributed by atoms with Crippen LogP contribution in [0, 0.1) is 28.4 Å². The third kappa shape index (κ3) is 1.97. The molecule has 0 atom stereocenters. The molecule has 16 heavy (non-hydrogen) atoms. The molecule has 0 radical (unpaired) electrons. The fourth-order valence-corrected chi connectivity index (χ4v) is 1.43. The van der Waals surface area contributed by atoms with Crippen molar-refractivity contribution in [3.8, 4) is 6.07 Å². The molecular formula is C11H10F2N2O. The first kappa shape index (κ1) is 10.8. The van der Waals surface area contributed by atoms with Crippen molar-refractivity contribution in [2.24, 2.45) is 5.41 Å². The molecule has 84 valence electrons. The summed E-state index contributed by atoms with van der Waals surface area (Å²) in [6.45, 7) is 1.12. The third-order valence-corrected chi connectivity index (χ3v) is 2.54. The van der Waals surface area contributed by atoms with Crippen molar-refractivity contribution in [1.82, 2.24) is 0 Å². The Bertz CT molecular complexity index is 438. The fourth-order valence-electron chi connectivity index (χ4n) is 1.43. The molecule has 3 nitrogen and oxygen atoms in total. The van der Waals surface area contributed by atoms with E-state index in [2.05, 4.69) is 11.4 Å². The van der Waals surface area contributed by atoms with Crippen molar-refractivity contribution in [1.29, 1.82) is 5.26 Å². The van der Waals surface area contributed by atoms with Crippen LogP contribution in [0.25, 0.3) is 0 Å². The molecule has 0 unspecified atom stereocenters. The van der Waals surface area contributed by atoms with Crippen LogP contribution in [-0.2, 0) is 4.74 Å². The summed E-state index contributed by atoms with van der Waals surface area (Å²) in [5.41, 5.74) is -0.0781. The van der Waals surface area contributed by atoms with E-state index in [1.165, 1.54) is 6.07 Å². The minimum Gasteiger partial charge on any atom is -0.383 e. The fraction of sp³-hybridized carbons (Fsp3) is 0.364. The molecule has 0 bridgehead atoms. The average molecular weight is 224 g/mol. The van der Waals surface area contributed by atoms with Crippen LogP contribution >= 0.6 is 0 Å². The Morgan fingerprint density at radius 1 is 1.38 bits per heavy atom. The number of ether oxygens (including phenoxy) is 1. The quantitative estimate of drug-likeness (QED) is 0.853. The summed E-state index contributed by atoms with van der Waals surface area (Å²) in [5.74, 6) is -1.78. The summed E-state index contributed by atoms with van der Waals surface area (Å²) in [6.07, 6.45) is 0. The predicted octanol–water partition coefficient (Wildman–Crippen LogP) is 1.92. The van der Waals surface area contributed by atoms with Crippen LogP contribution in [0.1, 0.15) is 0 Å². The Morgan fingerprint density at radius 3 is 2.62 bits per heavy atom. The van der Waals surface area contributed by atoms with Gasteiger partial charge in [-0.15, -0.1) is 0 Å². The highest BCUT2D eigenvalue weighted by Crippen LogP contribution is 2.27. The Balaban J connectivity index is 2.00. The lowest BCUT2D eigenvalue weighted by Crippen LogP contribution is -2.46. The van der Waals surface area contributed by atoms with Gasteiger partial charge >= 0.3 is 0 Å². The first-order chi connectivity index (χ1) is 7.65. The SMILES string of the molecule is N#CC1(CNc2ccc(F)c(F)c2)COC1. The number of benzene rings is 1. The van der Waals surface area contributed by atoms with Crippen LogP contribution in [-0.4, -0.2) is 19.8 Å². The van der Waals surface area contributed by atoms with Gasteiger partial charge < -0.3 is 10.1 Å². The van der Waals surface area contributed by atoms with E-state index in [1.54, 1.807) is 0 Å². The van der Waals surface area contributed by atoms with Crippen molar-refractivity contribution >= 4 is 5.69 Å². The van der Waals surface area contributed by atoms with Crippen molar-refractivity contribution in [3.63, 3.8) is 0 Å². The summed E-state index contributed by atoms with van der Waals surface area (Å²) in [7, 11) is 0. The Morgan fingerprint density at radius 2 is 2.12 bits per heavy atom. The van der Waals surface area contributed by atoms with E-state index in [1.807, 2.05) is 0 Å².